The molecule has 2 fully saturated rings. The Bertz CT molecular complexity index is 841. The van der Waals surface area contributed by atoms with E-state index in [0.29, 0.717) is 24.7 Å². The van der Waals surface area contributed by atoms with Crippen LogP contribution in [0.4, 0.5) is 5.82 Å². The summed E-state index contributed by atoms with van der Waals surface area (Å²) in [5.41, 5.74) is 1.36. The number of rotatable bonds is 5. The van der Waals surface area contributed by atoms with Crippen molar-refractivity contribution in [3.63, 3.8) is 0 Å². The number of aryl methyl sites for hydroxylation is 1. The summed E-state index contributed by atoms with van der Waals surface area (Å²) >= 11 is 0. The van der Waals surface area contributed by atoms with Crippen molar-refractivity contribution < 1.29 is 4.79 Å². The molecule has 1 aliphatic carbocycles. The van der Waals surface area contributed by atoms with Crippen molar-refractivity contribution >= 4 is 11.7 Å². The third kappa shape index (κ3) is 3.40. The van der Waals surface area contributed by atoms with E-state index in [1.807, 2.05) is 24.0 Å². The largest absolute Gasteiger partial charge is 0.365 e. The number of aromatic nitrogens is 3. The minimum Gasteiger partial charge on any atom is -0.365 e. The molecule has 0 aromatic carbocycles. The molecule has 2 aromatic rings. The molecule has 1 saturated heterocycles. The van der Waals surface area contributed by atoms with E-state index in [-0.39, 0.29) is 17.5 Å². The zero-order valence-electron chi connectivity index (χ0n) is 14.2. The quantitative estimate of drug-likeness (QED) is 0.863. The Morgan fingerprint density at radius 3 is 2.84 bits per heavy atom. The van der Waals surface area contributed by atoms with E-state index >= 15 is 0 Å². The van der Waals surface area contributed by atoms with Gasteiger partial charge in [-0.05, 0) is 31.4 Å². The number of nitrogens with zero attached hydrogens (tertiary/aromatic N) is 3. The van der Waals surface area contributed by atoms with Crippen LogP contribution in [-0.4, -0.2) is 44.4 Å². The van der Waals surface area contributed by atoms with E-state index in [1.165, 1.54) is 6.07 Å². The van der Waals surface area contributed by atoms with E-state index in [1.54, 1.807) is 6.20 Å². The average molecular weight is 339 g/mol. The van der Waals surface area contributed by atoms with Crippen molar-refractivity contribution in [2.75, 3.05) is 11.9 Å². The van der Waals surface area contributed by atoms with Crippen molar-refractivity contribution in [1.82, 2.24) is 19.9 Å². The lowest BCUT2D eigenvalue weighted by atomic mass is 10.2. The van der Waals surface area contributed by atoms with Crippen LogP contribution in [0.1, 0.15) is 31.9 Å². The molecular weight excluding hydrogens is 318 g/mol. The zero-order chi connectivity index (χ0) is 17.4. The first kappa shape index (κ1) is 15.8. The van der Waals surface area contributed by atoms with E-state index in [0.717, 1.165) is 36.5 Å². The molecule has 25 heavy (non-hydrogen) atoms. The minimum atomic E-state index is -0.159. The van der Waals surface area contributed by atoms with Gasteiger partial charge in [0.2, 0.25) is 5.91 Å². The van der Waals surface area contributed by atoms with Crippen molar-refractivity contribution in [2.45, 2.75) is 44.7 Å². The fourth-order valence-corrected chi connectivity index (χ4v) is 3.22. The van der Waals surface area contributed by atoms with Crippen molar-refractivity contribution in [1.29, 1.82) is 0 Å². The molecule has 3 heterocycles. The Labute approximate surface area is 145 Å². The number of amides is 1. The molecule has 1 amide bonds. The summed E-state index contributed by atoms with van der Waals surface area (Å²) in [5.74, 6) is 1.49. The smallest absolute Gasteiger partial charge is 0.251 e. The van der Waals surface area contributed by atoms with Crippen LogP contribution in [0.25, 0.3) is 11.4 Å². The number of pyridine rings is 1. The van der Waals surface area contributed by atoms with Gasteiger partial charge in [-0.15, -0.1) is 0 Å². The summed E-state index contributed by atoms with van der Waals surface area (Å²) in [6.07, 6.45) is 5.18. The van der Waals surface area contributed by atoms with Gasteiger partial charge in [-0.25, -0.2) is 9.97 Å². The number of hydrogen-bond donors (Lipinski definition) is 2. The molecule has 2 aromatic heterocycles. The predicted molar refractivity (Wildman–Crippen MR) is 94.2 cm³/mol. The Hall–Kier alpha value is -2.70. The number of likely N-dealkylation sites (tertiary alicyclic amines) is 1. The lowest BCUT2D eigenvalue weighted by molar-refractivity contribution is -0.128. The van der Waals surface area contributed by atoms with E-state index in [9.17, 15) is 9.59 Å². The van der Waals surface area contributed by atoms with Gasteiger partial charge in [0.25, 0.3) is 5.56 Å². The molecule has 1 atom stereocenters. The fourth-order valence-electron chi connectivity index (χ4n) is 3.22. The second kappa shape index (κ2) is 6.31. The van der Waals surface area contributed by atoms with E-state index < -0.39 is 0 Å². The summed E-state index contributed by atoms with van der Waals surface area (Å²) in [6.45, 7) is 2.71. The highest BCUT2D eigenvalue weighted by Gasteiger charge is 2.39. The first-order valence-electron chi connectivity index (χ1n) is 8.75. The molecule has 4 rings (SSSR count). The first-order valence-corrected chi connectivity index (χ1v) is 8.75. The molecule has 0 spiro atoms. The van der Waals surface area contributed by atoms with Gasteiger partial charge in [0.05, 0.1) is 6.04 Å². The highest BCUT2D eigenvalue weighted by Crippen LogP contribution is 2.31. The summed E-state index contributed by atoms with van der Waals surface area (Å²) in [5, 5.41) is 3.33. The maximum absolute atomic E-state index is 12.0. The molecule has 7 nitrogen and oxygen atoms in total. The maximum Gasteiger partial charge on any atom is 0.251 e. The molecule has 2 N–H and O–H groups in total. The van der Waals surface area contributed by atoms with Gasteiger partial charge >= 0.3 is 0 Å². The van der Waals surface area contributed by atoms with Gasteiger partial charge < -0.3 is 15.2 Å². The van der Waals surface area contributed by atoms with Crippen molar-refractivity contribution in [3.8, 4) is 11.4 Å². The summed E-state index contributed by atoms with van der Waals surface area (Å²) in [6, 6.07) is 5.81. The van der Waals surface area contributed by atoms with Crippen molar-refractivity contribution in [2.24, 2.45) is 0 Å². The molecule has 2 aliphatic rings. The number of H-pyrrole nitrogens is 1. The van der Waals surface area contributed by atoms with Crippen LogP contribution in [0, 0.1) is 0 Å². The second-order valence-electron chi connectivity index (χ2n) is 6.69. The number of anilines is 1. The second-order valence-corrected chi connectivity index (χ2v) is 6.69. The van der Waals surface area contributed by atoms with Crippen molar-refractivity contribution in [3.05, 3.63) is 40.4 Å². The number of hydrogen-bond acceptors (Lipinski definition) is 5. The SMILES string of the molecule is CCc1cc(=O)[nH]c(-c2ccc(NC3CC(=O)N(C4CC4)C3)nc2)n1. The number of nitrogens with one attached hydrogen (secondary N) is 2. The first-order chi connectivity index (χ1) is 12.1. The topological polar surface area (TPSA) is 91.0 Å². The van der Waals surface area contributed by atoms with Crippen LogP contribution in [0.5, 0.6) is 0 Å². The number of carbonyl (C=O) groups excluding carboxylic acids is 1. The van der Waals surface area contributed by atoms with Crippen LogP contribution in [0.15, 0.2) is 29.2 Å². The van der Waals surface area contributed by atoms with E-state index in [4.69, 9.17) is 0 Å². The lowest BCUT2D eigenvalue weighted by Gasteiger charge is -2.16. The van der Waals surface area contributed by atoms with Crippen LogP contribution in [0.3, 0.4) is 0 Å². The van der Waals surface area contributed by atoms with Crippen LogP contribution in [-0.2, 0) is 11.2 Å². The summed E-state index contributed by atoms with van der Waals surface area (Å²) in [7, 11) is 0. The van der Waals surface area contributed by atoms with Gasteiger partial charge in [-0.1, -0.05) is 6.92 Å². The average Bonchev–Trinajstić information content (AvgIpc) is 3.38. The van der Waals surface area contributed by atoms with Crippen LogP contribution in [0.2, 0.25) is 0 Å². The maximum atomic E-state index is 12.0. The molecule has 0 bridgehead atoms. The molecular formula is C18H21N5O2. The van der Waals surface area contributed by atoms with Gasteiger partial charge in [-0.2, -0.15) is 0 Å². The summed E-state index contributed by atoms with van der Waals surface area (Å²) < 4.78 is 0. The Balaban J connectivity index is 1.46. The molecule has 130 valence electrons. The summed E-state index contributed by atoms with van der Waals surface area (Å²) in [4.78, 5) is 37.3. The number of aromatic amines is 1. The zero-order valence-corrected chi connectivity index (χ0v) is 14.2. The Morgan fingerprint density at radius 1 is 1.32 bits per heavy atom. The molecule has 0 radical (unpaired) electrons. The third-order valence-corrected chi connectivity index (χ3v) is 4.69. The standard InChI is InChI=1S/C18H21N5O2/c1-2-12-7-16(24)22-18(21-12)11-3-6-15(19-9-11)20-13-8-17(25)23(10-13)14-4-5-14/h3,6-7,9,13-14H,2,4-5,8,10H2,1H3,(H,19,20)(H,21,22,24). The monoisotopic (exact) mass is 339 g/mol. The minimum absolute atomic E-state index is 0.104. The highest BCUT2D eigenvalue weighted by atomic mass is 16.2. The molecule has 7 heteroatoms. The number of carbonyl (C=O) groups is 1. The van der Waals surface area contributed by atoms with Gasteiger partial charge in [-0.3, -0.25) is 9.59 Å². The Morgan fingerprint density at radius 2 is 2.16 bits per heavy atom. The molecule has 1 saturated carbocycles. The normalized spacial score (nSPS) is 20.1. The lowest BCUT2D eigenvalue weighted by Crippen LogP contribution is -2.29. The van der Waals surface area contributed by atoms with Gasteiger partial charge in [0, 0.05) is 42.5 Å². The fraction of sp³-hybridized carbons (Fsp3) is 0.444. The van der Waals surface area contributed by atoms with Gasteiger partial charge in [0.15, 0.2) is 0 Å². The molecule has 1 unspecified atom stereocenters. The molecule has 1 aliphatic heterocycles. The Kier molecular flexibility index (Phi) is 3.99. The van der Waals surface area contributed by atoms with E-state index in [2.05, 4.69) is 20.3 Å². The van der Waals surface area contributed by atoms with Crippen LogP contribution >= 0.6 is 0 Å². The highest BCUT2D eigenvalue weighted by molar-refractivity contribution is 5.80. The van der Waals surface area contributed by atoms with Gasteiger partial charge in [0.1, 0.15) is 11.6 Å². The third-order valence-electron chi connectivity index (χ3n) is 4.69. The van der Waals surface area contributed by atoms with Crippen LogP contribution < -0.4 is 10.9 Å². The predicted octanol–water partition coefficient (Wildman–Crippen LogP) is 1.57.